The van der Waals surface area contributed by atoms with Gasteiger partial charge in [-0.25, -0.2) is 13.2 Å². The molecule has 19 nitrogen and oxygen atoms in total. The van der Waals surface area contributed by atoms with Crippen molar-refractivity contribution in [2.24, 2.45) is 0 Å². The summed E-state index contributed by atoms with van der Waals surface area (Å²) in [6.45, 7) is 32.5. The fourth-order valence-corrected chi connectivity index (χ4v) is 15.9. The zero-order valence-electron chi connectivity index (χ0n) is 68.5. The summed E-state index contributed by atoms with van der Waals surface area (Å²) in [6, 6.07) is 48.1. The van der Waals surface area contributed by atoms with Crippen molar-refractivity contribution in [1.82, 2.24) is 29.4 Å². The minimum atomic E-state index is -0.289. The molecule has 0 aliphatic carbocycles. The standard InChI is InChI=1S/C32H39FN4O2.C31H36ClFN4O2.C30H35FN4O3/c1-22-17-27(18-23(2)24(22)3)32(38)34-30-20-26(6-8-31(30)37-11-9-35(4)10-12-37)28-19-25(5-7-29(28)33)21-36-13-15-39-16-14-36;1-21-4-7-25(30(32)22(21)2)31(38)34-28-19-24(6-9-29(28)37-12-10-35(3)11-13-37)26-18-23(5-8-27(26)33)20-36-14-16-39-17-15-36;1-33-10-12-35(13-11-33)29-9-7-23(20-28(29)32-30(36)24-4-3-5-25(19-24)37-2)26-18-22(6-8-27(26)31)21-34-14-16-38-17-15-34/h5-8,17-20H,9-16,21H2,1-4H3,(H,34,38);4-9,18-19H,10-17,20H2,1-3H3,(H,34,38);3-9,18-20H,10-17,21H2,1-2H3,(H,32,36). The molecule has 6 aliphatic heterocycles. The number of nitrogens with one attached hydrogen (secondary N) is 3. The first kappa shape index (κ1) is 84.2. The molecule has 6 aliphatic rings. The largest absolute Gasteiger partial charge is 0.497 e. The van der Waals surface area contributed by atoms with Crippen molar-refractivity contribution in [2.45, 2.75) is 54.3 Å². The van der Waals surface area contributed by atoms with Gasteiger partial charge in [0.1, 0.15) is 23.2 Å². The molecular weight excluding hydrogens is 1490 g/mol. The van der Waals surface area contributed by atoms with Crippen molar-refractivity contribution in [3.05, 3.63) is 241 Å². The maximum Gasteiger partial charge on any atom is 0.257 e. The zero-order chi connectivity index (χ0) is 81.5. The lowest BCUT2D eigenvalue weighted by Gasteiger charge is -2.35. The van der Waals surface area contributed by atoms with E-state index in [0.29, 0.717) is 61.2 Å². The van der Waals surface area contributed by atoms with Crippen LogP contribution in [0.4, 0.5) is 47.3 Å². The predicted octanol–water partition coefficient (Wildman–Crippen LogP) is 15.2. The Morgan fingerprint density at radius 2 is 0.733 bits per heavy atom. The average Bonchev–Trinajstić information content (AvgIpc) is 0.799. The maximum atomic E-state index is 15.2. The molecular formula is C93H110ClF3N12O7. The number of halogens is 4. The number of piperazine rings is 3. The fourth-order valence-electron chi connectivity index (χ4n) is 15.6. The van der Waals surface area contributed by atoms with E-state index in [1.807, 2.05) is 137 Å². The van der Waals surface area contributed by atoms with Gasteiger partial charge in [0.05, 0.1) is 91.5 Å². The first-order chi connectivity index (χ1) is 56.1. The Labute approximate surface area is 686 Å². The van der Waals surface area contributed by atoms with Gasteiger partial charge in [0.2, 0.25) is 0 Å². The smallest absolute Gasteiger partial charge is 0.257 e. The van der Waals surface area contributed by atoms with Crippen LogP contribution < -0.4 is 35.4 Å². The Kier molecular flexibility index (Phi) is 28.7. The number of hydrogen-bond donors (Lipinski definition) is 3. The molecule has 3 amide bonds. The van der Waals surface area contributed by atoms with Crippen LogP contribution in [0.2, 0.25) is 5.02 Å². The van der Waals surface area contributed by atoms with Crippen molar-refractivity contribution in [1.29, 1.82) is 0 Å². The summed E-state index contributed by atoms with van der Waals surface area (Å²) < 4.78 is 67.2. The highest BCUT2D eigenvalue weighted by molar-refractivity contribution is 6.35. The van der Waals surface area contributed by atoms with E-state index in [4.69, 9.17) is 30.5 Å². The molecule has 6 saturated heterocycles. The number of morpholine rings is 3. The van der Waals surface area contributed by atoms with Gasteiger partial charge in [-0.3, -0.25) is 29.1 Å². The number of hydrogen-bond acceptors (Lipinski definition) is 16. The lowest BCUT2D eigenvalue weighted by molar-refractivity contribution is 0.0341. The normalized spacial score (nSPS) is 16.9. The second-order valence-corrected chi connectivity index (χ2v) is 31.8. The van der Waals surface area contributed by atoms with Crippen LogP contribution in [0.5, 0.6) is 5.75 Å². The van der Waals surface area contributed by atoms with Gasteiger partial charge < -0.3 is 64.3 Å². The van der Waals surface area contributed by atoms with Crippen molar-refractivity contribution < 1.29 is 46.5 Å². The quantitative estimate of drug-likeness (QED) is 0.0703. The number of aryl methyl sites for hydroxylation is 3. The van der Waals surface area contributed by atoms with Crippen molar-refractivity contribution >= 4 is 63.4 Å². The number of anilines is 6. The molecule has 0 spiro atoms. The van der Waals surface area contributed by atoms with E-state index in [0.717, 1.165) is 250 Å². The van der Waals surface area contributed by atoms with Crippen LogP contribution in [0.1, 0.15) is 75.6 Å². The van der Waals surface area contributed by atoms with E-state index in [1.54, 1.807) is 43.5 Å². The van der Waals surface area contributed by atoms with Gasteiger partial charge in [0.25, 0.3) is 17.7 Å². The summed E-state index contributed by atoms with van der Waals surface area (Å²) >= 11 is 6.57. The number of carbonyl (C=O) groups is 3. The molecule has 0 atom stereocenters. The van der Waals surface area contributed by atoms with Gasteiger partial charge in [-0.15, -0.1) is 0 Å². The third kappa shape index (κ3) is 21.5. The van der Waals surface area contributed by atoms with Crippen LogP contribution in [0, 0.1) is 52.1 Å². The lowest BCUT2D eigenvalue weighted by atomic mass is 9.99. The molecule has 9 aromatic rings. The number of ether oxygens (including phenoxy) is 4. The van der Waals surface area contributed by atoms with Crippen LogP contribution in [-0.4, -0.2) is 233 Å². The Morgan fingerprint density at radius 1 is 0.379 bits per heavy atom. The number of benzene rings is 9. The first-order valence-electron chi connectivity index (χ1n) is 40.5. The maximum absolute atomic E-state index is 15.2. The Morgan fingerprint density at radius 3 is 1.09 bits per heavy atom. The van der Waals surface area contributed by atoms with E-state index in [9.17, 15) is 14.4 Å². The third-order valence-electron chi connectivity index (χ3n) is 23.2. The summed E-state index contributed by atoms with van der Waals surface area (Å²) in [7, 11) is 7.92. The Bertz CT molecular complexity index is 4910. The van der Waals surface area contributed by atoms with E-state index < -0.39 is 0 Å². The minimum Gasteiger partial charge on any atom is -0.497 e. The van der Waals surface area contributed by atoms with Gasteiger partial charge in [-0.05, 0) is 226 Å². The number of carbonyl (C=O) groups excluding carboxylic acids is 3. The van der Waals surface area contributed by atoms with E-state index >= 15 is 13.2 Å². The van der Waals surface area contributed by atoms with Crippen LogP contribution in [0.3, 0.4) is 0 Å². The molecule has 6 heterocycles. The van der Waals surface area contributed by atoms with E-state index in [2.05, 4.69) is 88.1 Å². The molecule has 0 saturated carbocycles. The van der Waals surface area contributed by atoms with Gasteiger partial charge in [-0.1, -0.05) is 60.1 Å². The first-order valence-corrected chi connectivity index (χ1v) is 40.9. The predicted molar refractivity (Wildman–Crippen MR) is 461 cm³/mol. The summed E-state index contributed by atoms with van der Waals surface area (Å²) in [6.07, 6.45) is 0. The Balaban J connectivity index is 0.000000151. The van der Waals surface area contributed by atoms with Crippen LogP contribution >= 0.6 is 11.6 Å². The minimum absolute atomic E-state index is 0.157. The highest BCUT2D eigenvalue weighted by Gasteiger charge is 2.27. The van der Waals surface area contributed by atoms with Crippen LogP contribution in [0.25, 0.3) is 33.4 Å². The molecule has 0 bridgehead atoms. The van der Waals surface area contributed by atoms with Gasteiger partial charge >= 0.3 is 0 Å². The molecule has 9 aromatic carbocycles. The number of amides is 3. The number of methoxy groups -OCH3 is 1. The summed E-state index contributed by atoms with van der Waals surface area (Å²) in [5, 5.41) is 9.84. The second kappa shape index (κ2) is 39.5. The number of likely N-dealkylation sites (N-methyl/N-ethyl adjacent to an activating group) is 3. The fraction of sp³-hybridized carbons (Fsp3) is 0.387. The summed E-state index contributed by atoms with van der Waals surface area (Å²) in [5.74, 6) is -0.902. The third-order valence-corrected chi connectivity index (χ3v) is 23.7. The monoisotopic (exact) mass is 1600 g/mol. The van der Waals surface area contributed by atoms with Gasteiger partial charge in [0, 0.05) is 165 Å². The molecule has 116 heavy (non-hydrogen) atoms. The van der Waals surface area contributed by atoms with Gasteiger partial charge in [-0.2, -0.15) is 0 Å². The average molecular weight is 1600 g/mol. The molecule has 612 valence electrons. The van der Waals surface area contributed by atoms with E-state index in [1.165, 1.54) is 17.7 Å². The molecule has 15 rings (SSSR count). The Hall–Kier alpha value is -9.69. The zero-order valence-corrected chi connectivity index (χ0v) is 69.3. The molecule has 6 fully saturated rings. The molecule has 0 unspecified atom stereocenters. The second-order valence-electron chi connectivity index (χ2n) is 31.4. The summed E-state index contributed by atoms with van der Waals surface area (Å²) in [5.41, 5.74) is 18.6. The molecule has 0 aromatic heterocycles. The van der Waals surface area contributed by atoms with Crippen molar-refractivity contribution in [3.8, 4) is 39.1 Å². The topological polar surface area (TPSA) is 153 Å². The molecule has 0 radical (unpaired) electrons. The molecule has 23 heteroatoms. The highest BCUT2D eigenvalue weighted by Crippen LogP contribution is 2.39. The highest BCUT2D eigenvalue weighted by atomic mass is 35.5. The summed E-state index contributed by atoms with van der Waals surface area (Å²) in [4.78, 5) is 60.9. The number of nitrogens with zero attached hydrogens (tertiary/aromatic N) is 9. The number of rotatable bonds is 19. The van der Waals surface area contributed by atoms with Gasteiger partial charge in [0.15, 0.2) is 0 Å². The van der Waals surface area contributed by atoms with Crippen LogP contribution in [0.15, 0.2) is 158 Å². The van der Waals surface area contributed by atoms with Crippen molar-refractivity contribution in [2.75, 3.05) is 216 Å². The SMILES string of the molecule is COc1cccc(C(=O)Nc2cc(-c3cc(CN4CCOCC4)ccc3F)ccc2N2CCN(C)CC2)c1.Cc1cc(C(=O)Nc2cc(-c3cc(CN4CCOCC4)ccc3F)ccc2N2CCN(C)CC2)cc(C)c1C.Cc1ccc(C(=O)Nc2cc(-c3cc(CN4CCOCC4)ccc3F)ccc2N2CCN(C)CC2)c(Cl)c1C. The van der Waals surface area contributed by atoms with E-state index in [-0.39, 0.29) is 35.2 Å². The van der Waals surface area contributed by atoms with Crippen molar-refractivity contribution in [3.63, 3.8) is 0 Å². The molecule has 3 N–H and O–H groups in total. The lowest BCUT2D eigenvalue weighted by Crippen LogP contribution is -2.44. The van der Waals surface area contributed by atoms with Crippen LogP contribution in [-0.2, 0) is 33.8 Å².